The minimum Gasteiger partial charge on any atom is -0.490 e. The van der Waals surface area contributed by atoms with Crippen molar-refractivity contribution >= 4 is 27.3 Å². The molecule has 0 saturated heterocycles. The number of aryl methyl sites for hydroxylation is 1. The van der Waals surface area contributed by atoms with Gasteiger partial charge in [-0.1, -0.05) is 0 Å². The van der Waals surface area contributed by atoms with Crippen molar-refractivity contribution in [3.8, 4) is 5.75 Å². The second kappa shape index (κ2) is 7.86. The largest absolute Gasteiger partial charge is 0.490 e. The summed E-state index contributed by atoms with van der Waals surface area (Å²) in [5, 5.41) is 6.57. The summed E-state index contributed by atoms with van der Waals surface area (Å²) in [7, 11) is -2.53. The normalized spacial score (nSPS) is 15.4. The van der Waals surface area contributed by atoms with Gasteiger partial charge in [-0.2, -0.15) is 18.3 Å². The molecule has 0 saturated carbocycles. The van der Waals surface area contributed by atoms with Crippen LogP contribution in [0.3, 0.4) is 0 Å². The average molecular weight is 466 g/mol. The molecule has 4 rings (SSSR count). The predicted octanol–water partition coefficient (Wildman–Crippen LogP) is 3.28. The molecule has 168 valence electrons. The van der Waals surface area contributed by atoms with Crippen LogP contribution >= 0.6 is 0 Å². The monoisotopic (exact) mass is 466 g/mol. The number of nitrogens with one attached hydrogen (secondary N) is 1. The minimum atomic E-state index is -4.54. The molecule has 0 fully saturated rings. The lowest BCUT2D eigenvalue weighted by atomic mass is 10.2. The first-order valence-corrected chi connectivity index (χ1v) is 10.8. The number of hydrogen-bond donors (Lipinski definition) is 1. The fraction of sp³-hybridized carbons (Fsp3) is 0.200. The molecule has 1 amide bonds. The number of rotatable bonds is 3. The Morgan fingerprint density at radius 2 is 1.84 bits per heavy atom. The van der Waals surface area contributed by atoms with Crippen LogP contribution < -0.4 is 14.4 Å². The maximum absolute atomic E-state index is 13.3. The van der Waals surface area contributed by atoms with E-state index in [1.807, 2.05) is 0 Å². The number of fused-ring (bicyclic) bond motifs is 1. The first kappa shape index (κ1) is 21.7. The summed E-state index contributed by atoms with van der Waals surface area (Å²) in [4.78, 5) is 12.1. The van der Waals surface area contributed by atoms with Crippen molar-refractivity contribution < 1.29 is 31.1 Å². The number of aromatic nitrogens is 2. The summed E-state index contributed by atoms with van der Waals surface area (Å²) < 4.78 is 73.2. The molecule has 0 radical (unpaired) electrons. The molecule has 32 heavy (non-hydrogen) atoms. The molecule has 8 nitrogen and oxygen atoms in total. The smallest absolute Gasteiger partial charge is 0.416 e. The van der Waals surface area contributed by atoms with Crippen molar-refractivity contribution in [1.29, 1.82) is 0 Å². The number of hydrogen-bond acceptors (Lipinski definition) is 5. The fourth-order valence-electron chi connectivity index (χ4n) is 3.20. The van der Waals surface area contributed by atoms with Gasteiger partial charge in [-0.3, -0.25) is 13.8 Å². The number of anilines is 2. The molecule has 12 heteroatoms. The van der Waals surface area contributed by atoms with Crippen LogP contribution in [0.5, 0.6) is 5.75 Å². The maximum atomic E-state index is 13.3. The number of halogens is 3. The molecule has 1 aliphatic heterocycles. The van der Waals surface area contributed by atoms with Crippen molar-refractivity contribution in [2.24, 2.45) is 7.05 Å². The number of nitrogens with zero attached hydrogens (tertiary/aromatic N) is 3. The Morgan fingerprint density at radius 3 is 2.47 bits per heavy atom. The second-order valence-corrected chi connectivity index (χ2v) is 8.79. The number of ether oxygens (including phenoxy) is 1. The molecule has 1 N–H and O–H groups in total. The number of alkyl halides is 3. The summed E-state index contributed by atoms with van der Waals surface area (Å²) in [6, 6.07) is 9.48. The third kappa shape index (κ3) is 4.13. The Balaban J connectivity index is 1.66. The average Bonchev–Trinajstić information content (AvgIpc) is 3.12. The second-order valence-electron chi connectivity index (χ2n) is 6.96. The van der Waals surface area contributed by atoms with Gasteiger partial charge in [0.05, 0.1) is 17.8 Å². The van der Waals surface area contributed by atoms with Gasteiger partial charge in [0, 0.05) is 18.9 Å². The third-order valence-corrected chi connectivity index (χ3v) is 6.60. The van der Waals surface area contributed by atoms with E-state index < -0.39 is 27.7 Å². The molecule has 2 heterocycles. The summed E-state index contributed by atoms with van der Waals surface area (Å²) in [5.74, 6) is -0.452. The van der Waals surface area contributed by atoms with Crippen LogP contribution in [0.2, 0.25) is 0 Å². The molecule has 2 aromatic carbocycles. The van der Waals surface area contributed by atoms with Crippen LogP contribution in [-0.2, 0) is 23.2 Å². The minimum absolute atomic E-state index is 0.00705. The van der Waals surface area contributed by atoms with E-state index in [-0.39, 0.29) is 40.9 Å². The Morgan fingerprint density at radius 1 is 1.12 bits per heavy atom. The summed E-state index contributed by atoms with van der Waals surface area (Å²) in [6.07, 6.45) is -2.95. The number of carbonyl (C=O) groups is 1. The highest BCUT2D eigenvalue weighted by Gasteiger charge is 2.33. The van der Waals surface area contributed by atoms with Gasteiger partial charge >= 0.3 is 6.18 Å². The molecular formula is C20H17F3N4O4S. The highest BCUT2D eigenvalue weighted by atomic mass is 32.2. The lowest BCUT2D eigenvalue weighted by molar-refractivity contribution is -0.137. The van der Waals surface area contributed by atoms with E-state index in [2.05, 4.69) is 10.4 Å². The summed E-state index contributed by atoms with van der Waals surface area (Å²) >= 11 is 0. The van der Waals surface area contributed by atoms with Crippen molar-refractivity contribution in [3.05, 3.63) is 66.0 Å². The van der Waals surface area contributed by atoms with Crippen LogP contribution in [0.25, 0.3) is 0 Å². The zero-order valence-electron chi connectivity index (χ0n) is 16.6. The topological polar surface area (TPSA) is 93.5 Å². The van der Waals surface area contributed by atoms with E-state index >= 15 is 0 Å². The lowest BCUT2D eigenvalue weighted by Gasteiger charge is -2.22. The number of carbonyl (C=O) groups excluding carboxylic acids is 1. The van der Waals surface area contributed by atoms with Gasteiger partial charge in [0.25, 0.3) is 15.9 Å². The Bertz CT molecular complexity index is 1270. The summed E-state index contributed by atoms with van der Waals surface area (Å²) in [6.45, 7) is -0.106. The summed E-state index contributed by atoms with van der Waals surface area (Å²) in [5.41, 5.74) is -0.476. The highest BCUT2D eigenvalue weighted by Crippen LogP contribution is 2.36. The Hall–Kier alpha value is -3.54. The number of benzene rings is 2. The maximum Gasteiger partial charge on any atom is 0.416 e. The van der Waals surface area contributed by atoms with Gasteiger partial charge in [0.15, 0.2) is 5.69 Å². The van der Waals surface area contributed by atoms with Crippen molar-refractivity contribution in [1.82, 2.24) is 9.78 Å². The van der Waals surface area contributed by atoms with E-state index in [4.69, 9.17) is 4.74 Å². The van der Waals surface area contributed by atoms with Gasteiger partial charge in [-0.05, 0) is 48.5 Å². The Labute approximate surface area is 181 Å². The molecule has 1 aromatic heterocycles. The van der Waals surface area contributed by atoms with Crippen LogP contribution in [0.1, 0.15) is 16.1 Å². The third-order valence-electron chi connectivity index (χ3n) is 4.75. The van der Waals surface area contributed by atoms with Gasteiger partial charge in [-0.25, -0.2) is 8.42 Å². The van der Waals surface area contributed by atoms with E-state index in [0.717, 1.165) is 28.6 Å². The first-order valence-electron chi connectivity index (χ1n) is 9.33. The van der Waals surface area contributed by atoms with Gasteiger partial charge in [-0.15, -0.1) is 0 Å². The van der Waals surface area contributed by atoms with Gasteiger partial charge in [0.2, 0.25) is 0 Å². The van der Waals surface area contributed by atoms with Crippen molar-refractivity contribution in [2.45, 2.75) is 11.1 Å². The molecule has 0 unspecified atom stereocenters. The Kier molecular flexibility index (Phi) is 5.33. The van der Waals surface area contributed by atoms with Crippen molar-refractivity contribution in [3.63, 3.8) is 0 Å². The molecule has 0 bridgehead atoms. The molecular weight excluding hydrogens is 449 g/mol. The van der Waals surface area contributed by atoms with Crippen LogP contribution in [0, 0.1) is 0 Å². The van der Waals surface area contributed by atoms with Crippen molar-refractivity contribution in [2.75, 3.05) is 22.8 Å². The molecule has 3 aromatic rings. The van der Waals surface area contributed by atoms with Gasteiger partial charge < -0.3 is 10.1 Å². The van der Waals surface area contributed by atoms with Gasteiger partial charge in [0.1, 0.15) is 17.3 Å². The molecule has 0 spiro atoms. The number of amides is 1. The predicted molar refractivity (Wildman–Crippen MR) is 109 cm³/mol. The van der Waals surface area contributed by atoms with Crippen LogP contribution in [0.15, 0.2) is 59.6 Å². The lowest BCUT2D eigenvalue weighted by Crippen LogP contribution is -2.32. The van der Waals surface area contributed by atoms with Crippen LogP contribution in [-0.4, -0.2) is 37.3 Å². The van der Waals surface area contributed by atoms with E-state index in [9.17, 15) is 26.4 Å². The quantitative estimate of drug-likeness (QED) is 0.640. The molecule has 1 aliphatic rings. The number of sulfonamides is 1. The first-order chi connectivity index (χ1) is 15.1. The fourth-order valence-corrected chi connectivity index (χ4v) is 4.81. The zero-order chi connectivity index (χ0) is 23.1. The van der Waals surface area contributed by atoms with Crippen LogP contribution in [0.4, 0.5) is 24.5 Å². The SMILES string of the molecule is Cn1ccc(C(=O)Nc2ccc3c(c2)S(=O)(=O)N(c2ccc(C(F)(F)F)cc2)CCO3)n1. The zero-order valence-corrected chi connectivity index (χ0v) is 17.4. The molecule has 0 atom stereocenters. The standard InChI is InChI=1S/C20H17F3N4O4S/c1-26-9-8-16(25-26)19(28)24-14-4-7-17-18(12-14)32(29,30)27(10-11-31-17)15-5-2-13(3-6-15)20(21,22)23/h2-9,12H,10-11H2,1H3,(H,24,28). The molecule has 0 aliphatic carbocycles. The highest BCUT2D eigenvalue weighted by molar-refractivity contribution is 7.93. The van der Waals surface area contributed by atoms with E-state index in [1.165, 1.54) is 28.9 Å². The van der Waals surface area contributed by atoms with E-state index in [0.29, 0.717) is 0 Å². The van der Waals surface area contributed by atoms with E-state index in [1.54, 1.807) is 13.2 Å².